The van der Waals surface area contributed by atoms with E-state index in [2.05, 4.69) is 4.98 Å². The molecule has 0 saturated heterocycles. The van der Waals surface area contributed by atoms with E-state index in [1.807, 2.05) is 30.3 Å². The van der Waals surface area contributed by atoms with Crippen LogP contribution in [-0.2, 0) is 6.18 Å². The summed E-state index contributed by atoms with van der Waals surface area (Å²) in [4.78, 5) is 16.2. The molecule has 0 fully saturated rings. The number of para-hydroxylation sites is 1. The third kappa shape index (κ3) is 2.74. The van der Waals surface area contributed by atoms with Gasteiger partial charge in [0.15, 0.2) is 0 Å². The average molecular weight is 321 g/mol. The Kier molecular flexibility index (Phi) is 3.70. The highest BCUT2D eigenvalue weighted by Crippen LogP contribution is 2.34. The molecule has 0 aliphatic rings. The molecule has 3 rings (SSSR count). The lowest BCUT2D eigenvalue weighted by Crippen LogP contribution is -2.11. The minimum atomic E-state index is -4.50. The summed E-state index contributed by atoms with van der Waals surface area (Å²) in [5, 5.41) is 0.0377. The van der Waals surface area contributed by atoms with Crippen LogP contribution in [0.15, 0.2) is 69.3 Å². The van der Waals surface area contributed by atoms with Crippen molar-refractivity contribution < 1.29 is 13.2 Å². The second-order valence-corrected chi connectivity index (χ2v) is 5.74. The summed E-state index contributed by atoms with van der Waals surface area (Å²) in [6.45, 7) is 0. The largest absolute Gasteiger partial charge is 0.418 e. The second-order valence-electron chi connectivity index (χ2n) is 4.62. The van der Waals surface area contributed by atoms with Crippen LogP contribution in [0, 0.1) is 0 Å². The third-order valence-electron chi connectivity index (χ3n) is 3.16. The first kappa shape index (κ1) is 14.7. The Hall–Kier alpha value is -2.21. The fourth-order valence-electron chi connectivity index (χ4n) is 2.16. The first-order chi connectivity index (χ1) is 10.5. The van der Waals surface area contributed by atoms with Crippen LogP contribution in [0.25, 0.3) is 10.9 Å². The van der Waals surface area contributed by atoms with Crippen LogP contribution in [0.5, 0.6) is 0 Å². The van der Waals surface area contributed by atoms with Crippen molar-refractivity contribution in [2.45, 2.75) is 16.0 Å². The summed E-state index contributed by atoms with van der Waals surface area (Å²) in [6.07, 6.45) is -3.17. The lowest BCUT2D eigenvalue weighted by atomic mass is 10.1. The molecule has 0 bridgehead atoms. The van der Waals surface area contributed by atoms with E-state index in [-0.39, 0.29) is 10.9 Å². The molecule has 1 N–H and O–H groups in total. The van der Waals surface area contributed by atoms with Crippen molar-refractivity contribution in [3.63, 3.8) is 0 Å². The summed E-state index contributed by atoms with van der Waals surface area (Å²) in [5.74, 6) is 0. The fraction of sp³-hybridized carbons (Fsp3) is 0.0625. The van der Waals surface area contributed by atoms with Crippen molar-refractivity contribution in [1.82, 2.24) is 4.98 Å². The number of pyridine rings is 1. The maximum Gasteiger partial charge on any atom is 0.418 e. The Labute approximate surface area is 128 Å². The topological polar surface area (TPSA) is 32.9 Å². The van der Waals surface area contributed by atoms with Gasteiger partial charge in [0.25, 0.3) is 0 Å². The number of alkyl halides is 3. The fourth-order valence-corrected chi connectivity index (χ4v) is 3.03. The van der Waals surface area contributed by atoms with Gasteiger partial charge in [0, 0.05) is 16.5 Å². The molecular weight excluding hydrogens is 311 g/mol. The summed E-state index contributed by atoms with van der Waals surface area (Å²) >= 11 is 1.22. The van der Waals surface area contributed by atoms with E-state index in [4.69, 9.17) is 0 Å². The third-order valence-corrected chi connectivity index (χ3v) is 4.19. The van der Waals surface area contributed by atoms with E-state index in [9.17, 15) is 18.0 Å². The number of benzene rings is 2. The minimum absolute atomic E-state index is 0.0377. The van der Waals surface area contributed by atoms with Gasteiger partial charge in [-0.05, 0) is 24.3 Å². The predicted octanol–water partition coefficient (Wildman–Crippen LogP) is 4.70. The maximum atomic E-state index is 13.0. The molecular formula is C16H10F3NOS. The number of fused-ring (bicyclic) bond motifs is 1. The van der Waals surface area contributed by atoms with Crippen molar-refractivity contribution in [2.75, 3.05) is 0 Å². The van der Waals surface area contributed by atoms with E-state index in [1.165, 1.54) is 30.1 Å². The molecule has 2 aromatic carbocycles. The van der Waals surface area contributed by atoms with Gasteiger partial charge in [0.1, 0.15) is 0 Å². The second kappa shape index (κ2) is 5.53. The Morgan fingerprint density at radius 3 is 2.36 bits per heavy atom. The SMILES string of the molecule is O=c1c(Sc2ccccc2)c[nH]c2c(C(F)(F)F)cccc12. The predicted molar refractivity (Wildman–Crippen MR) is 80.1 cm³/mol. The zero-order valence-corrected chi connectivity index (χ0v) is 12.0. The van der Waals surface area contributed by atoms with Crippen LogP contribution < -0.4 is 5.43 Å². The molecule has 0 saturated carbocycles. The van der Waals surface area contributed by atoms with Gasteiger partial charge in [-0.2, -0.15) is 13.2 Å². The highest BCUT2D eigenvalue weighted by atomic mass is 32.2. The molecule has 1 heterocycles. The molecule has 0 unspecified atom stereocenters. The van der Waals surface area contributed by atoms with Crippen molar-refractivity contribution in [3.05, 3.63) is 70.5 Å². The van der Waals surface area contributed by atoms with Crippen molar-refractivity contribution >= 4 is 22.7 Å². The smallest absolute Gasteiger partial charge is 0.359 e. The Morgan fingerprint density at radius 1 is 0.955 bits per heavy atom. The van der Waals surface area contributed by atoms with Crippen molar-refractivity contribution in [2.24, 2.45) is 0 Å². The molecule has 0 aliphatic heterocycles. The first-order valence-corrected chi connectivity index (χ1v) is 7.23. The number of nitrogens with one attached hydrogen (secondary N) is 1. The molecule has 2 nitrogen and oxygen atoms in total. The quantitative estimate of drug-likeness (QED) is 0.742. The lowest BCUT2D eigenvalue weighted by Gasteiger charge is -2.10. The summed E-state index contributed by atoms with van der Waals surface area (Å²) < 4.78 is 38.9. The normalized spacial score (nSPS) is 11.8. The summed E-state index contributed by atoms with van der Waals surface area (Å²) in [7, 11) is 0. The van der Waals surface area contributed by atoms with Crippen LogP contribution in [0.4, 0.5) is 13.2 Å². The zero-order valence-electron chi connectivity index (χ0n) is 11.1. The van der Waals surface area contributed by atoms with Crippen LogP contribution in [0.2, 0.25) is 0 Å². The molecule has 6 heteroatoms. The number of halogens is 3. The molecule has 0 radical (unpaired) electrons. The maximum absolute atomic E-state index is 13.0. The molecule has 3 aromatic rings. The first-order valence-electron chi connectivity index (χ1n) is 6.41. The van der Waals surface area contributed by atoms with Gasteiger partial charge in [0.2, 0.25) is 5.43 Å². The number of rotatable bonds is 2. The Balaban J connectivity index is 2.13. The molecule has 22 heavy (non-hydrogen) atoms. The summed E-state index contributed by atoms with van der Waals surface area (Å²) in [6, 6.07) is 12.8. The standard InChI is InChI=1S/C16H10F3NOS/c17-16(18,19)12-8-4-7-11-14(12)20-9-13(15(11)21)22-10-5-2-1-3-6-10/h1-9H,(H,20,21). The van der Waals surface area contributed by atoms with Crippen LogP contribution in [0.3, 0.4) is 0 Å². The van der Waals surface area contributed by atoms with Gasteiger partial charge >= 0.3 is 6.18 Å². The lowest BCUT2D eigenvalue weighted by molar-refractivity contribution is -0.136. The molecule has 1 aromatic heterocycles. The van der Waals surface area contributed by atoms with Gasteiger partial charge < -0.3 is 4.98 Å². The number of hydrogen-bond acceptors (Lipinski definition) is 2. The van der Waals surface area contributed by atoms with Crippen molar-refractivity contribution in [1.29, 1.82) is 0 Å². The Bertz CT molecular complexity index is 872. The highest BCUT2D eigenvalue weighted by molar-refractivity contribution is 7.99. The highest BCUT2D eigenvalue weighted by Gasteiger charge is 2.33. The van der Waals surface area contributed by atoms with E-state index in [1.54, 1.807) is 0 Å². The number of hydrogen-bond donors (Lipinski definition) is 1. The zero-order chi connectivity index (χ0) is 15.7. The number of aromatic nitrogens is 1. The monoisotopic (exact) mass is 321 g/mol. The van der Waals surface area contributed by atoms with Gasteiger partial charge in [-0.25, -0.2) is 0 Å². The van der Waals surface area contributed by atoms with Crippen LogP contribution in [0.1, 0.15) is 5.56 Å². The molecule has 0 spiro atoms. The van der Waals surface area contributed by atoms with Crippen molar-refractivity contribution in [3.8, 4) is 0 Å². The van der Waals surface area contributed by atoms with Crippen LogP contribution in [-0.4, -0.2) is 4.98 Å². The Morgan fingerprint density at radius 2 is 1.68 bits per heavy atom. The molecule has 112 valence electrons. The van der Waals surface area contributed by atoms with Gasteiger partial charge in [0.05, 0.1) is 16.0 Å². The van der Waals surface area contributed by atoms with E-state index in [0.29, 0.717) is 4.90 Å². The van der Waals surface area contributed by atoms with Gasteiger partial charge in [-0.3, -0.25) is 4.79 Å². The van der Waals surface area contributed by atoms with Crippen LogP contribution >= 0.6 is 11.8 Å². The van der Waals surface area contributed by atoms with Gasteiger partial charge in [-0.1, -0.05) is 36.0 Å². The number of H-pyrrole nitrogens is 1. The van der Waals surface area contributed by atoms with E-state index < -0.39 is 17.2 Å². The molecule has 0 atom stereocenters. The molecule has 0 amide bonds. The minimum Gasteiger partial charge on any atom is -0.359 e. The van der Waals surface area contributed by atoms with E-state index in [0.717, 1.165) is 11.0 Å². The average Bonchev–Trinajstić information content (AvgIpc) is 2.50. The van der Waals surface area contributed by atoms with E-state index >= 15 is 0 Å². The summed E-state index contributed by atoms with van der Waals surface area (Å²) in [5.41, 5.74) is -1.43. The number of aromatic amines is 1. The van der Waals surface area contributed by atoms with Gasteiger partial charge in [-0.15, -0.1) is 0 Å². The molecule has 0 aliphatic carbocycles.